The number of hydrogen-bond donors (Lipinski definition) is 2. The van der Waals surface area contributed by atoms with Crippen LogP contribution in [0.3, 0.4) is 0 Å². The number of benzene rings is 2. The minimum Gasteiger partial charge on any atom is -0.508 e. The van der Waals surface area contributed by atoms with Gasteiger partial charge >= 0.3 is 5.97 Å². The third-order valence-electron chi connectivity index (χ3n) is 3.46. The summed E-state index contributed by atoms with van der Waals surface area (Å²) in [5, 5.41) is 18.9. The predicted molar refractivity (Wildman–Crippen MR) is 83.0 cm³/mol. The lowest BCUT2D eigenvalue weighted by Crippen LogP contribution is -2.14. The highest BCUT2D eigenvalue weighted by atomic mass is 16.4. The number of phenols is 1. The molecule has 2 aromatic carbocycles. The lowest BCUT2D eigenvalue weighted by Gasteiger charge is -2.15. The molecule has 110 valence electrons. The van der Waals surface area contributed by atoms with Gasteiger partial charge in [-0.25, -0.2) is 0 Å². The van der Waals surface area contributed by atoms with Gasteiger partial charge in [-0.1, -0.05) is 24.3 Å². The molecular formula is C17H19NO3. The Bertz CT molecular complexity index is 620. The monoisotopic (exact) mass is 285 g/mol. The number of rotatable bonds is 5. The fourth-order valence-electron chi connectivity index (χ4n) is 2.26. The maximum Gasteiger partial charge on any atom is 0.311 e. The van der Waals surface area contributed by atoms with Crippen molar-refractivity contribution < 1.29 is 15.0 Å². The number of carbonyl (C=O) groups is 1. The fraction of sp³-hybridized carbons (Fsp3) is 0.235. The van der Waals surface area contributed by atoms with Gasteiger partial charge in [0.2, 0.25) is 0 Å². The molecule has 1 atom stereocenters. The molecule has 0 radical (unpaired) electrons. The highest BCUT2D eigenvalue weighted by Crippen LogP contribution is 2.25. The van der Waals surface area contributed by atoms with Crippen molar-refractivity contribution in [2.75, 3.05) is 19.0 Å². The summed E-state index contributed by atoms with van der Waals surface area (Å²) in [5.74, 6) is -1.47. The van der Waals surface area contributed by atoms with Gasteiger partial charge in [0, 0.05) is 19.8 Å². The van der Waals surface area contributed by atoms with E-state index in [1.54, 1.807) is 12.1 Å². The molecule has 0 heterocycles. The van der Waals surface area contributed by atoms with Crippen LogP contribution in [0.4, 0.5) is 5.69 Å². The van der Waals surface area contributed by atoms with Crippen LogP contribution in [0, 0.1) is 0 Å². The summed E-state index contributed by atoms with van der Waals surface area (Å²) in [6.45, 7) is 0. The summed E-state index contributed by atoms with van der Waals surface area (Å²) in [5.41, 5.74) is 2.64. The summed E-state index contributed by atoms with van der Waals surface area (Å²) in [6, 6.07) is 14.2. The quantitative estimate of drug-likeness (QED) is 0.887. The predicted octanol–water partition coefficient (Wildman–Crippen LogP) is 2.87. The Hall–Kier alpha value is -2.49. The van der Waals surface area contributed by atoms with E-state index in [-0.39, 0.29) is 5.75 Å². The lowest BCUT2D eigenvalue weighted by molar-refractivity contribution is -0.138. The van der Waals surface area contributed by atoms with E-state index in [0.29, 0.717) is 12.0 Å². The summed E-state index contributed by atoms with van der Waals surface area (Å²) in [6.07, 6.45) is 0.395. The van der Waals surface area contributed by atoms with Gasteiger partial charge in [-0.3, -0.25) is 4.79 Å². The van der Waals surface area contributed by atoms with Crippen LogP contribution < -0.4 is 4.90 Å². The zero-order valence-electron chi connectivity index (χ0n) is 12.2. The second-order valence-electron chi connectivity index (χ2n) is 5.25. The third kappa shape index (κ3) is 3.75. The Balaban J connectivity index is 2.22. The summed E-state index contributed by atoms with van der Waals surface area (Å²) in [7, 11) is 3.92. The number of nitrogens with zero attached hydrogens (tertiary/aromatic N) is 1. The Morgan fingerprint density at radius 3 is 2.33 bits per heavy atom. The maximum absolute atomic E-state index is 11.5. The van der Waals surface area contributed by atoms with Crippen LogP contribution in [0.25, 0.3) is 0 Å². The SMILES string of the molecule is CN(C)c1ccc(CC(C(=O)O)c2cccc(O)c2)cc1. The van der Waals surface area contributed by atoms with Crippen LogP contribution in [0.1, 0.15) is 17.0 Å². The van der Waals surface area contributed by atoms with E-state index in [1.165, 1.54) is 12.1 Å². The van der Waals surface area contributed by atoms with Crippen molar-refractivity contribution in [3.8, 4) is 5.75 Å². The zero-order chi connectivity index (χ0) is 15.4. The average molecular weight is 285 g/mol. The van der Waals surface area contributed by atoms with Gasteiger partial charge in [0.15, 0.2) is 0 Å². The minimum absolute atomic E-state index is 0.0849. The first kappa shape index (κ1) is 14.9. The number of phenolic OH excluding ortho intramolecular Hbond substituents is 1. The molecule has 0 bridgehead atoms. The van der Waals surface area contributed by atoms with Crippen LogP contribution >= 0.6 is 0 Å². The number of carboxylic acids is 1. The molecule has 0 aliphatic rings. The minimum atomic E-state index is -0.891. The molecule has 0 aliphatic carbocycles. The van der Waals surface area contributed by atoms with Gasteiger partial charge in [-0.2, -0.15) is 0 Å². The van der Waals surface area contributed by atoms with E-state index >= 15 is 0 Å². The molecule has 0 spiro atoms. The topological polar surface area (TPSA) is 60.8 Å². The number of aliphatic carboxylic acids is 1. The Kier molecular flexibility index (Phi) is 4.48. The molecular weight excluding hydrogens is 266 g/mol. The number of anilines is 1. The molecule has 0 fully saturated rings. The second-order valence-corrected chi connectivity index (χ2v) is 5.25. The third-order valence-corrected chi connectivity index (χ3v) is 3.46. The van der Waals surface area contributed by atoms with Crippen molar-refractivity contribution in [3.63, 3.8) is 0 Å². The van der Waals surface area contributed by atoms with E-state index in [9.17, 15) is 15.0 Å². The number of aromatic hydroxyl groups is 1. The molecule has 0 saturated heterocycles. The van der Waals surface area contributed by atoms with Crippen molar-refractivity contribution in [3.05, 3.63) is 59.7 Å². The average Bonchev–Trinajstić information content (AvgIpc) is 2.45. The van der Waals surface area contributed by atoms with Gasteiger partial charge in [-0.15, -0.1) is 0 Å². The summed E-state index contributed by atoms with van der Waals surface area (Å²) < 4.78 is 0. The van der Waals surface area contributed by atoms with Crippen LogP contribution in [0.15, 0.2) is 48.5 Å². The molecule has 21 heavy (non-hydrogen) atoms. The molecule has 0 amide bonds. The summed E-state index contributed by atoms with van der Waals surface area (Å²) in [4.78, 5) is 13.5. The van der Waals surface area contributed by atoms with Gasteiger partial charge < -0.3 is 15.1 Å². The van der Waals surface area contributed by atoms with Crippen molar-refractivity contribution in [1.29, 1.82) is 0 Å². The number of carboxylic acid groups (broad SMARTS) is 1. The van der Waals surface area contributed by atoms with Gasteiger partial charge in [0.1, 0.15) is 5.75 Å². The van der Waals surface area contributed by atoms with Crippen molar-refractivity contribution in [2.24, 2.45) is 0 Å². The van der Waals surface area contributed by atoms with E-state index in [4.69, 9.17) is 0 Å². The molecule has 2 aromatic rings. The van der Waals surface area contributed by atoms with Crippen LogP contribution in [0.2, 0.25) is 0 Å². The van der Waals surface area contributed by atoms with E-state index in [1.807, 2.05) is 43.3 Å². The van der Waals surface area contributed by atoms with Crippen molar-refractivity contribution in [2.45, 2.75) is 12.3 Å². The molecule has 0 aliphatic heterocycles. The molecule has 4 heteroatoms. The van der Waals surface area contributed by atoms with E-state index < -0.39 is 11.9 Å². The number of hydrogen-bond acceptors (Lipinski definition) is 3. The summed E-state index contributed by atoms with van der Waals surface area (Å²) >= 11 is 0. The largest absolute Gasteiger partial charge is 0.508 e. The highest BCUT2D eigenvalue weighted by molar-refractivity contribution is 5.76. The van der Waals surface area contributed by atoms with Gasteiger partial charge in [0.25, 0.3) is 0 Å². The van der Waals surface area contributed by atoms with Gasteiger partial charge in [-0.05, 0) is 41.8 Å². The maximum atomic E-state index is 11.5. The first-order valence-corrected chi connectivity index (χ1v) is 6.75. The molecule has 0 saturated carbocycles. The zero-order valence-corrected chi connectivity index (χ0v) is 12.2. The van der Waals surface area contributed by atoms with Crippen LogP contribution in [0.5, 0.6) is 5.75 Å². The Morgan fingerprint density at radius 2 is 1.81 bits per heavy atom. The standard InChI is InChI=1S/C17H19NO3/c1-18(2)14-8-6-12(7-9-14)10-16(17(20)21)13-4-3-5-15(19)11-13/h3-9,11,16,19H,10H2,1-2H3,(H,20,21). The Morgan fingerprint density at radius 1 is 1.14 bits per heavy atom. The van der Waals surface area contributed by atoms with Crippen molar-refractivity contribution >= 4 is 11.7 Å². The lowest BCUT2D eigenvalue weighted by atomic mass is 9.92. The molecule has 2 N–H and O–H groups in total. The molecule has 0 aromatic heterocycles. The normalized spacial score (nSPS) is 11.9. The molecule has 4 nitrogen and oxygen atoms in total. The Labute approximate surface area is 124 Å². The first-order chi connectivity index (χ1) is 9.97. The van der Waals surface area contributed by atoms with Crippen molar-refractivity contribution in [1.82, 2.24) is 0 Å². The van der Waals surface area contributed by atoms with Crippen LogP contribution in [-0.2, 0) is 11.2 Å². The van der Waals surface area contributed by atoms with E-state index in [2.05, 4.69) is 0 Å². The molecule has 2 rings (SSSR count). The smallest absolute Gasteiger partial charge is 0.311 e. The highest BCUT2D eigenvalue weighted by Gasteiger charge is 2.20. The molecule has 1 unspecified atom stereocenters. The second kappa shape index (κ2) is 6.31. The fourth-order valence-corrected chi connectivity index (χ4v) is 2.26. The van der Waals surface area contributed by atoms with E-state index in [0.717, 1.165) is 11.3 Å². The van der Waals surface area contributed by atoms with Gasteiger partial charge in [0.05, 0.1) is 5.92 Å². The van der Waals surface area contributed by atoms with Crippen LogP contribution in [-0.4, -0.2) is 30.3 Å². The first-order valence-electron chi connectivity index (χ1n) is 6.75.